The lowest BCUT2D eigenvalue weighted by atomic mass is 9.96. The largest absolute Gasteiger partial charge is 0.508 e. The summed E-state index contributed by atoms with van der Waals surface area (Å²) in [6, 6.07) is 18.4. The zero-order chi connectivity index (χ0) is 29.7. The first-order valence-corrected chi connectivity index (χ1v) is 14.3. The Bertz CT molecular complexity index is 1410. The number of hydrogen-bond acceptors (Lipinski definition) is 7. The van der Waals surface area contributed by atoms with Crippen molar-refractivity contribution in [1.82, 2.24) is 15.5 Å². The molecule has 1 saturated heterocycles. The minimum Gasteiger partial charge on any atom is -0.508 e. The molecule has 0 aromatic heterocycles. The molecule has 3 aromatic carbocycles. The zero-order valence-corrected chi connectivity index (χ0v) is 24.0. The van der Waals surface area contributed by atoms with Crippen LogP contribution in [0, 0.1) is 6.92 Å². The Morgan fingerprint density at radius 2 is 1.68 bits per heavy atom. The molecule has 3 atom stereocenters. The molecule has 10 heteroatoms. The molecular formula is C31H35N3O6S. The van der Waals surface area contributed by atoms with Gasteiger partial charge in [0, 0.05) is 22.4 Å². The molecule has 1 aliphatic rings. The van der Waals surface area contributed by atoms with Crippen molar-refractivity contribution in [2.75, 3.05) is 5.88 Å². The maximum absolute atomic E-state index is 13.8. The smallest absolute Gasteiger partial charge is 0.254 e. The Labute approximate surface area is 243 Å². The van der Waals surface area contributed by atoms with Gasteiger partial charge in [-0.15, -0.1) is 11.8 Å². The molecule has 5 N–H and O–H groups in total. The number of rotatable bonds is 9. The van der Waals surface area contributed by atoms with Gasteiger partial charge in [-0.05, 0) is 62.6 Å². The van der Waals surface area contributed by atoms with Gasteiger partial charge in [0.25, 0.3) is 11.8 Å². The van der Waals surface area contributed by atoms with Gasteiger partial charge in [-0.2, -0.15) is 0 Å². The summed E-state index contributed by atoms with van der Waals surface area (Å²) < 4.78 is -0.644. The fourth-order valence-corrected chi connectivity index (χ4v) is 6.07. The summed E-state index contributed by atoms with van der Waals surface area (Å²) in [6.45, 7) is 5.50. The molecule has 1 aliphatic heterocycles. The lowest BCUT2D eigenvalue weighted by Crippen LogP contribution is -2.58. The van der Waals surface area contributed by atoms with Crippen molar-refractivity contribution < 1.29 is 29.7 Å². The number of hydrogen-bond donors (Lipinski definition) is 5. The summed E-state index contributed by atoms with van der Waals surface area (Å²) in [5.41, 5.74) is 2.11. The number of thioether (sulfide) groups is 1. The van der Waals surface area contributed by atoms with E-state index in [0.29, 0.717) is 11.1 Å². The van der Waals surface area contributed by atoms with Crippen LogP contribution in [0.2, 0.25) is 0 Å². The lowest BCUT2D eigenvalue weighted by molar-refractivity contribution is -0.147. The van der Waals surface area contributed by atoms with E-state index in [2.05, 4.69) is 10.6 Å². The van der Waals surface area contributed by atoms with Crippen LogP contribution in [-0.4, -0.2) is 66.8 Å². The molecule has 9 nitrogen and oxygen atoms in total. The maximum atomic E-state index is 13.8. The van der Waals surface area contributed by atoms with Crippen LogP contribution in [0.15, 0.2) is 72.8 Å². The third-order valence-corrected chi connectivity index (χ3v) is 8.63. The number of carbonyl (C=O) groups excluding carboxylic acids is 3. The van der Waals surface area contributed by atoms with Gasteiger partial charge < -0.3 is 30.9 Å². The van der Waals surface area contributed by atoms with Crippen molar-refractivity contribution in [1.29, 1.82) is 0 Å². The van der Waals surface area contributed by atoms with Crippen LogP contribution in [0.4, 0.5) is 0 Å². The molecule has 1 heterocycles. The molecule has 0 radical (unpaired) electrons. The second-order valence-electron chi connectivity index (χ2n) is 10.6. The quantitative estimate of drug-likeness (QED) is 0.263. The van der Waals surface area contributed by atoms with E-state index >= 15 is 0 Å². The molecule has 1 unspecified atom stereocenters. The highest BCUT2D eigenvalue weighted by Crippen LogP contribution is 2.40. The van der Waals surface area contributed by atoms with Crippen molar-refractivity contribution in [3.05, 3.63) is 95.1 Å². The lowest BCUT2D eigenvalue weighted by Gasteiger charge is -2.33. The van der Waals surface area contributed by atoms with Gasteiger partial charge in [-0.3, -0.25) is 14.4 Å². The van der Waals surface area contributed by atoms with Crippen LogP contribution < -0.4 is 10.6 Å². The highest BCUT2D eigenvalue weighted by molar-refractivity contribution is 8.00. The maximum Gasteiger partial charge on any atom is 0.254 e. The van der Waals surface area contributed by atoms with Gasteiger partial charge in [-0.1, -0.05) is 48.5 Å². The molecule has 0 spiro atoms. The predicted molar refractivity (Wildman–Crippen MR) is 157 cm³/mol. The van der Waals surface area contributed by atoms with E-state index in [0.717, 1.165) is 5.56 Å². The fraction of sp³-hybridized carbons (Fsp3) is 0.323. The third kappa shape index (κ3) is 7.01. The molecule has 0 aliphatic carbocycles. The molecule has 4 rings (SSSR count). The number of amides is 3. The van der Waals surface area contributed by atoms with E-state index in [1.807, 2.05) is 44.2 Å². The normalized spacial score (nSPS) is 17.5. The molecule has 3 amide bonds. The van der Waals surface area contributed by atoms with Crippen molar-refractivity contribution >= 4 is 29.5 Å². The van der Waals surface area contributed by atoms with E-state index in [1.54, 1.807) is 37.3 Å². The summed E-state index contributed by atoms with van der Waals surface area (Å²) >= 11 is 1.42. The van der Waals surface area contributed by atoms with Crippen LogP contribution in [0.25, 0.3) is 0 Å². The molecule has 41 heavy (non-hydrogen) atoms. The SMILES string of the molecule is Cc1c(O)cccc1C(=O)N[C@@H](Cc1ccccc1)[C@H](O)C(=O)N1CSC(C)(C)C1C(=O)NCc1cccc(O)c1. The highest BCUT2D eigenvalue weighted by Gasteiger charge is 2.49. The second-order valence-corrected chi connectivity index (χ2v) is 12.2. The van der Waals surface area contributed by atoms with Crippen LogP contribution in [-0.2, 0) is 22.6 Å². The van der Waals surface area contributed by atoms with Crippen LogP contribution in [0.3, 0.4) is 0 Å². The number of aliphatic hydroxyl groups excluding tert-OH is 1. The number of carbonyl (C=O) groups is 3. The molecular weight excluding hydrogens is 542 g/mol. The minimum atomic E-state index is -1.65. The van der Waals surface area contributed by atoms with Crippen LogP contribution in [0.5, 0.6) is 11.5 Å². The monoisotopic (exact) mass is 577 g/mol. The Balaban J connectivity index is 1.55. The van der Waals surface area contributed by atoms with Crippen molar-refractivity contribution in [2.24, 2.45) is 0 Å². The predicted octanol–water partition coefficient (Wildman–Crippen LogP) is 3.10. The number of nitrogens with zero attached hydrogens (tertiary/aromatic N) is 1. The van der Waals surface area contributed by atoms with Gasteiger partial charge in [-0.25, -0.2) is 0 Å². The first kappa shape index (κ1) is 30.0. The number of nitrogens with one attached hydrogen (secondary N) is 2. The summed E-state index contributed by atoms with van der Waals surface area (Å²) in [6.07, 6.45) is -1.48. The van der Waals surface area contributed by atoms with E-state index in [1.165, 1.54) is 28.8 Å². The van der Waals surface area contributed by atoms with Gasteiger partial charge in [0.15, 0.2) is 6.10 Å². The Hall–Kier alpha value is -4.02. The summed E-state index contributed by atoms with van der Waals surface area (Å²) in [4.78, 5) is 41.8. The van der Waals surface area contributed by atoms with Crippen LogP contribution >= 0.6 is 11.8 Å². The van der Waals surface area contributed by atoms with E-state index in [-0.39, 0.29) is 41.8 Å². The van der Waals surface area contributed by atoms with Crippen LogP contribution in [0.1, 0.15) is 40.9 Å². The van der Waals surface area contributed by atoms with Crippen molar-refractivity contribution in [2.45, 2.75) is 56.7 Å². The average Bonchev–Trinajstić information content (AvgIpc) is 3.27. The second kappa shape index (κ2) is 12.7. The summed E-state index contributed by atoms with van der Waals surface area (Å²) in [7, 11) is 0. The van der Waals surface area contributed by atoms with Gasteiger partial charge in [0.2, 0.25) is 5.91 Å². The summed E-state index contributed by atoms with van der Waals surface area (Å²) in [5, 5.41) is 36.9. The molecule has 216 valence electrons. The van der Waals surface area contributed by atoms with Crippen molar-refractivity contribution in [3.63, 3.8) is 0 Å². The first-order chi connectivity index (χ1) is 19.5. The minimum absolute atomic E-state index is 0.0372. The topological polar surface area (TPSA) is 139 Å². The number of aliphatic hydroxyl groups is 1. The van der Waals surface area contributed by atoms with Gasteiger partial charge in [0.05, 0.1) is 11.9 Å². The third-order valence-electron chi connectivity index (χ3n) is 7.25. The molecule has 0 saturated carbocycles. The number of aromatic hydroxyl groups is 2. The number of phenolic OH excluding ortho intramolecular Hbond substituents is 2. The van der Waals surface area contributed by atoms with E-state index in [4.69, 9.17) is 0 Å². The van der Waals surface area contributed by atoms with Gasteiger partial charge >= 0.3 is 0 Å². The number of phenols is 2. The molecule has 3 aromatic rings. The Kier molecular flexibility index (Phi) is 9.25. The first-order valence-electron chi connectivity index (χ1n) is 13.3. The van der Waals surface area contributed by atoms with E-state index in [9.17, 15) is 29.7 Å². The molecule has 0 bridgehead atoms. The Morgan fingerprint density at radius 1 is 1.00 bits per heavy atom. The highest BCUT2D eigenvalue weighted by atomic mass is 32.2. The van der Waals surface area contributed by atoms with Crippen molar-refractivity contribution in [3.8, 4) is 11.5 Å². The average molecular weight is 578 g/mol. The Morgan fingerprint density at radius 3 is 2.39 bits per heavy atom. The fourth-order valence-electron chi connectivity index (χ4n) is 4.93. The van der Waals surface area contributed by atoms with E-state index < -0.39 is 34.7 Å². The van der Waals surface area contributed by atoms with Gasteiger partial charge in [0.1, 0.15) is 17.5 Å². The molecule has 1 fully saturated rings. The summed E-state index contributed by atoms with van der Waals surface area (Å²) in [5.74, 6) is -1.36. The number of benzene rings is 3. The zero-order valence-electron chi connectivity index (χ0n) is 23.2. The standard InChI is InChI=1S/C31H35N3O6S/c1-19-23(13-8-14-25(19)36)28(38)33-24(16-20-9-5-4-6-10-20)26(37)30(40)34-18-41-31(2,3)27(34)29(39)32-17-21-11-7-12-22(35)15-21/h4-15,24,26-27,35-37H,16-18H2,1-3H3,(H,32,39)(H,33,38)/t24-,26-,27?/m0/s1.